The molecule has 0 saturated carbocycles. The number of benzene rings is 1. The van der Waals surface area contributed by atoms with Crippen molar-refractivity contribution in [2.75, 3.05) is 19.6 Å². The summed E-state index contributed by atoms with van der Waals surface area (Å²) in [5.41, 5.74) is 2.84. The molecule has 2 fully saturated rings. The van der Waals surface area contributed by atoms with Gasteiger partial charge in [-0.3, -0.25) is 24.6 Å². The second-order valence-corrected chi connectivity index (χ2v) is 7.48. The third-order valence-corrected chi connectivity index (χ3v) is 5.45. The average molecular weight is 356 g/mol. The van der Waals surface area contributed by atoms with Crippen LogP contribution in [0.3, 0.4) is 0 Å². The molecule has 1 aromatic rings. The maximum absolute atomic E-state index is 12.7. The predicted molar refractivity (Wildman–Crippen MR) is 95.2 cm³/mol. The molecule has 0 radical (unpaired) electrons. The van der Waals surface area contributed by atoms with Crippen LogP contribution in [0, 0.1) is 0 Å². The van der Waals surface area contributed by atoms with E-state index >= 15 is 0 Å². The molecule has 26 heavy (non-hydrogen) atoms. The van der Waals surface area contributed by atoms with Gasteiger partial charge in [0.15, 0.2) is 0 Å². The second kappa shape index (κ2) is 6.81. The van der Waals surface area contributed by atoms with Crippen molar-refractivity contribution < 1.29 is 14.4 Å². The second-order valence-electron chi connectivity index (χ2n) is 7.48. The molecule has 7 heteroatoms. The van der Waals surface area contributed by atoms with Crippen LogP contribution in [0.25, 0.3) is 0 Å². The molecule has 0 aromatic heterocycles. The van der Waals surface area contributed by atoms with Crippen LogP contribution in [0.4, 0.5) is 0 Å². The minimum atomic E-state index is -0.551. The first-order valence-corrected chi connectivity index (χ1v) is 9.23. The van der Waals surface area contributed by atoms with Crippen molar-refractivity contribution in [1.29, 1.82) is 0 Å². The molecular weight excluding hydrogens is 332 g/mol. The number of amides is 3. The topological polar surface area (TPSA) is 81.8 Å². The van der Waals surface area contributed by atoms with Gasteiger partial charge < -0.3 is 10.2 Å². The van der Waals surface area contributed by atoms with Gasteiger partial charge in [0.05, 0.1) is 0 Å². The van der Waals surface area contributed by atoms with Crippen LogP contribution in [0.2, 0.25) is 0 Å². The zero-order valence-corrected chi connectivity index (χ0v) is 15.0. The van der Waals surface area contributed by atoms with Crippen molar-refractivity contribution in [1.82, 2.24) is 20.4 Å². The maximum atomic E-state index is 12.7. The summed E-state index contributed by atoms with van der Waals surface area (Å²) in [5, 5.41) is 5.78. The summed E-state index contributed by atoms with van der Waals surface area (Å²) >= 11 is 0. The minimum Gasteiger partial charge on any atom is -0.322 e. The highest BCUT2D eigenvalue weighted by Gasteiger charge is 2.39. The lowest BCUT2D eigenvalue weighted by atomic mass is 10.0. The number of piperazine rings is 1. The Bertz CT molecular complexity index is 763. The smallest absolute Gasteiger partial charge is 0.255 e. The van der Waals surface area contributed by atoms with Crippen LogP contribution in [0.5, 0.6) is 0 Å². The molecule has 138 valence electrons. The lowest BCUT2D eigenvalue weighted by Gasteiger charge is -2.31. The molecule has 2 atom stereocenters. The van der Waals surface area contributed by atoms with Gasteiger partial charge in [0.1, 0.15) is 6.04 Å². The largest absolute Gasteiger partial charge is 0.322 e. The third-order valence-electron chi connectivity index (χ3n) is 5.45. The molecule has 2 N–H and O–H groups in total. The number of hydrogen-bond acceptors (Lipinski definition) is 5. The Hall–Kier alpha value is -2.25. The summed E-state index contributed by atoms with van der Waals surface area (Å²) in [6.07, 6.45) is 0.679. The third kappa shape index (κ3) is 3.24. The molecule has 7 nitrogen and oxygen atoms in total. The Morgan fingerprint density at radius 2 is 2.08 bits per heavy atom. The summed E-state index contributed by atoms with van der Waals surface area (Å²) in [5.74, 6) is -0.739. The van der Waals surface area contributed by atoms with Gasteiger partial charge in [0.25, 0.3) is 5.91 Å². The molecular formula is C19H24N4O3. The van der Waals surface area contributed by atoms with Gasteiger partial charge in [0, 0.05) is 50.7 Å². The number of fused-ring (bicyclic) bond motifs is 1. The van der Waals surface area contributed by atoms with Crippen molar-refractivity contribution in [2.45, 2.75) is 44.9 Å². The minimum absolute atomic E-state index is 0.114. The fourth-order valence-corrected chi connectivity index (χ4v) is 4.14. The maximum Gasteiger partial charge on any atom is 0.255 e. The normalized spacial score (nSPS) is 26.8. The van der Waals surface area contributed by atoms with Gasteiger partial charge in [-0.25, -0.2) is 0 Å². The van der Waals surface area contributed by atoms with Gasteiger partial charge in [0.2, 0.25) is 11.8 Å². The highest BCUT2D eigenvalue weighted by molar-refractivity contribution is 6.05. The first-order valence-electron chi connectivity index (χ1n) is 9.23. The summed E-state index contributed by atoms with van der Waals surface area (Å²) < 4.78 is 0. The molecule has 3 aliphatic rings. The monoisotopic (exact) mass is 356 g/mol. The summed E-state index contributed by atoms with van der Waals surface area (Å²) in [7, 11) is 0. The highest BCUT2D eigenvalue weighted by atomic mass is 16.2. The number of carbonyl (C=O) groups is 3. The highest BCUT2D eigenvalue weighted by Crippen LogP contribution is 2.28. The van der Waals surface area contributed by atoms with Crippen molar-refractivity contribution in [2.24, 2.45) is 0 Å². The Kier molecular flexibility index (Phi) is 4.50. The van der Waals surface area contributed by atoms with Gasteiger partial charge in [-0.2, -0.15) is 0 Å². The van der Waals surface area contributed by atoms with E-state index in [1.807, 2.05) is 12.1 Å². The molecule has 2 saturated heterocycles. The van der Waals surface area contributed by atoms with Crippen LogP contribution < -0.4 is 10.6 Å². The van der Waals surface area contributed by atoms with E-state index in [1.54, 1.807) is 4.90 Å². The zero-order valence-electron chi connectivity index (χ0n) is 15.0. The lowest BCUT2D eigenvalue weighted by Crippen LogP contribution is -2.52. The standard InChI is InChI=1S/C19H24N4O3/c1-12-9-22(7-6-20-12)10-13-2-3-15-14(8-13)11-23(19(15)26)16-4-5-17(24)21-18(16)25/h2-3,8,12,16,20H,4-7,9-11H2,1H3,(H,21,24,25)/t12-,16?/m0/s1. The van der Waals surface area contributed by atoms with Crippen LogP contribution >= 0.6 is 0 Å². The van der Waals surface area contributed by atoms with E-state index in [2.05, 4.69) is 28.5 Å². The molecule has 0 aliphatic carbocycles. The van der Waals surface area contributed by atoms with Crippen molar-refractivity contribution >= 4 is 17.7 Å². The van der Waals surface area contributed by atoms with Crippen LogP contribution in [-0.2, 0) is 22.7 Å². The molecule has 3 amide bonds. The molecule has 1 unspecified atom stereocenters. The number of carbonyl (C=O) groups excluding carboxylic acids is 3. The van der Waals surface area contributed by atoms with Crippen molar-refractivity contribution in [3.8, 4) is 0 Å². The number of nitrogens with one attached hydrogen (secondary N) is 2. The quantitative estimate of drug-likeness (QED) is 0.759. The Morgan fingerprint density at radius 1 is 1.23 bits per heavy atom. The SMILES string of the molecule is C[C@H]1CN(Cc2ccc3c(c2)CN(C2CCC(=O)NC2=O)C3=O)CCN1. The van der Waals surface area contributed by atoms with Crippen molar-refractivity contribution in [3.05, 3.63) is 34.9 Å². The van der Waals surface area contributed by atoms with E-state index in [9.17, 15) is 14.4 Å². The fourth-order valence-electron chi connectivity index (χ4n) is 4.14. The van der Waals surface area contributed by atoms with Crippen molar-refractivity contribution in [3.63, 3.8) is 0 Å². The fraction of sp³-hybridized carbons (Fsp3) is 0.526. The lowest BCUT2D eigenvalue weighted by molar-refractivity contribution is -0.136. The Balaban J connectivity index is 1.48. The summed E-state index contributed by atoms with van der Waals surface area (Å²) in [6.45, 7) is 6.51. The molecule has 0 bridgehead atoms. The van der Waals surface area contributed by atoms with Gasteiger partial charge in [-0.05, 0) is 30.5 Å². The molecule has 0 spiro atoms. The first kappa shape index (κ1) is 17.2. The van der Waals surface area contributed by atoms with Gasteiger partial charge >= 0.3 is 0 Å². The molecule has 3 heterocycles. The number of rotatable bonds is 3. The van der Waals surface area contributed by atoms with Gasteiger partial charge in [-0.1, -0.05) is 12.1 Å². The van der Waals surface area contributed by atoms with E-state index in [-0.39, 0.29) is 24.1 Å². The van der Waals surface area contributed by atoms with Crippen LogP contribution in [-0.4, -0.2) is 59.2 Å². The van der Waals surface area contributed by atoms with Crippen LogP contribution in [0.1, 0.15) is 41.3 Å². The Labute approximate surface area is 152 Å². The first-order chi connectivity index (χ1) is 12.5. The molecule has 4 rings (SSSR count). The number of hydrogen-bond donors (Lipinski definition) is 2. The van der Waals surface area contributed by atoms with E-state index in [1.165, 1.54) is 5.56 Å². The van der Waals surface area contributed by atoms with E-state index in [0.29, 0.717) is 24.6 Å². The van der Waals surface area contributed by atoms with E-state index in [0.717, 1.165) is 31.7 Å². The summed E-state index contributed by atoms with van der Waals surface area (Å²) in [4.78, 5) is 40.2. The van der Waals surface area contributed by atoms with E-state index in [4.69, 9.17) is 0 Å². The average Bonchev–Trinajstić information content (AvgIpc) is 2.91. The van der Waals surface area contributed by atoms with E-state index < -0.39 is 6.04 Å². The van der Waals surface area contributed by atoms with Crippen LogP contribution in [0.15, 0.2) is 18.2 Å². The number of imide groups is 1. The predicted octanol–water partition coefficient (Wildman–Crippen LogP) is 0.241. The molecule has 1 aromatic carbocycles. The Morgan fingerprint density at radius 3 is 2.85 bits per heavy atom. The van der Waals surface area contributed by atoms with Gasteiger partial charge in [-0.15, -0.1) is 0 Å². The number of piperidine rings is 1. The number of nitrogens with zero attached hydrogens (tertiary/aromatic N) is 2. The molecule has 3 aliphatic heterocycles. The summed E-state index contributed by atoms with van der Waals surface area (Å²) in [6, 6.07) is 5.92. The zero-order chi connectivity index (χ0) is 18.3.